The van der Waals surface area contributed by atoms with Crippen LogP contribution in [0.4, 0.5) is 4.39 Å². The van der Waals surface area contributed by atoms with E-state index in [-0.39, 0.29) is 17.9 Å². The number of aryl methyl sites for hydroxylation is 1. The summed E-state index contributed by atoms with van der Waals surface area (Å²) in [4.78, 5) is 0. The maximum Gasteiger partial charge on any atom is 0.132 e. The third-order valence-corrected chi connectivity index (χ3v) is 3.68. The predicted molar refractivity (Wildman–Crippen MR) is 80.4 cm³/mol. The molecule has 2 N–H and O–H groups in total. The Morgan fingerprint density at radius 3 is 2.67 bits per heavy atom. The van der Waals surface area contributed by atoms with Gasteiger partial charge in [-0.2, -0.15) is 0 Å². The van der Waals surface area contributed by atoms with E-state index in [1.807, 2.05) is 19.9 Å². The van der Waals surface area contributed by atoms with Crippen LogP contribution in [0.3, 0.4) is 0 Å². The quantitative estimate of drug-likeness (QED) is 0.848. The van der Waals surface area contributed by atoms with E-state index in [0.29, 0.717) is 17.7 Å². The summed E-state index contributed by atoms with van der Waals surface area (Å²) in [5, 5.41) is 13.4. The number of benzene rings is 1. The number of furan rings is 1. The molecule has 4 heteroatoms. The van der Waals surface area contributed by atoms with Crippen LogP contribution in [-0.2, 0) is 0 Å². The fourth-order valence-corrected chi connectivity index (χ4v) is 2.40. The summed E-state index contributed by atoms with van der Waals surface area (Å²) < 4.78 is 18.8. The number of hydrogen-bond acceptors (Lipinski definition) is 3. The Morgan fingerprint density at radius 2 is 2.05 bits per heavy atom. The second kappa shape index (κ2) is 6.87. The summed E-state index contributed by atoms with van der Waals surface area (Å²) in [6.07, 6.45) is 1.45. The molecule has 0 fully saturated rings. The fourth-order valence-electron chi connectivity index (χ4n) is 2.40. The van der Waals surface area contributed by atoms with Crippen LogP contribution in [0, 0.1) is 12.7 Å². The molecule has 2 rings (SSSR count). The lowest BCUT2D eigenvalue weighted by Crippen LogP contribution is -2.30. The second-order valence-electron chi connectivity index (χ2n) is 5.56. The van der Waals surface area contributed by atoms with E-state index in [0.717, 1.165) is 5.56 Å². The summed E-state index contributed by atoms with van der Waals surface area (Å²) in [5.74, 6) is 0.377. The number of aliphatic hydroxyl groups is 1. The van der Waals surface area contributed by atoms with Gasteiger partial charge in [0.05, 0.1) is 6.26 Å². The van der Waals surface area contributed by atoms with Gasteiger partial charge in [0.1, 0.15) is 17.7 Å². The molecule has 0 saturated carbocycles. The molecule has 0 aliphatic rings. The first-order chi connectivity index (χ1) is 9.97. The van der Waals surface area contributed by atoms with Crippen LogP contribution in [0.5, 0.6) is 0 Å². The van der Waals surface area contributed by atoms with Crippen molar-refractivity contribution in [1.29, 1.82) is 0 Å². The van der Waals surface area contributed by atoms with Crippen molar-refractivity contribution in [1.82, 2.24) is 5.32 Å². The minimum Gasteiger partial charge on any atom is -0.467 e. The van der Waals surface area contributed by atoms with Crippen molar-refractivity contribution >= 4 is 0 Å². The first-order valence-corrected chi connectivity index (χ1v) is 7.21. The van der Waals surface area contributed by atoms with Crippen LogP contribution < -0.4 is 5.32 Å². The van der Waals surface area contributed by atoms with E-state index in [1.165, 1.54) is 0 Å². The Labute approximate surface area is 124 Å². The van der Waals surface area contributed by atoms with Crippen LogP contribution in [-0.4, -0.2) is 11.1 Å². The van der Waals surface area contributed by atoms with Gasteiger partial charge in [-0.15, -0.1) is 0 Å². The Hall–Kier alpha value is -1.65. The molecule has 3 unspecified atom stereocenters. The maximum atomic E-state index is 13.6. The zero-order valence-corrected chi connectivity index (χ0v) is 12.6. The van der Waals surface area contributed by atoms with Crippen LogP contribution in [0.2, 0.25) is 0 Å². The van der Waals surface area contributed by atoms with Gasteiger partial charge in [-0.1, -0.05) is 12.1 Å². The average Bonchev–Trinajstić information content (AvgIpc) is 2.95. The Bertz CT molecular complexity index is 568. The van der Waals surface area contributed by atoms with E-state index in [9.17, 15) is 9.50 Å². The normalized spacial score (nSPS) is 15.7. The smallest absolute Gasteiger partial charge is 0.132 e. The molecule has 0 saturated heterocycles. The molecule has 1 aromatic heterocycles. The van der Waals surface area contributed by atoms with Gasteiger partial charge in [-0.3, -0.25) is 0 Å². The van der Waals surface area contributed by atoms with E-state index in [2.05, 4.69) is 5.32 Å². The highest BCUT2D eigenvalue weighted by molar-refractivity contribution is 5.25. The first kappa shape index (κ1) is 15.7. The molecule has 2 aromatic rings. The van der Waals surface area contributed by atoms with Crippen molar-refractivity contribution < 1.29 is 13.9 Å². The molecular weight excluding hydrogens is 269 g/mol. The van der Waals surface area contributed by atoms with Gasteiger partial charge in [0.15, 0.2) is 0 Å². The molecule has 0 spiro atoms. The van der Waals surface area contributed by atoms with E-state index >= 15 is 0 Å². The largest absolute Gasteiger partial charge is 0.467 e. The van der Waals surface area contributed by atoms with Gasteiger partial charge in [-0.25, -0.2) is 4.39 Å². The molecule has 21 heavy (non-hydrogen) atoms. The standard InChI is InChI=1S/C17H22FNO2/c1-11-6-7-14(10-15(11)18)13(3)19-12(2)9-16(20)17-5-4-8-21-17/h4-8,10,12-13,16,19-20H,9H2,1-3H3. The molecular formula is C17H22FNO2. The SMILES string of the molecule is Cc1ccc(C(C)NC(C)CC(O)c2ccco2)cc1F. The van der Waals surface area contributed by atoms with Gasteiger partial charge >= 0.3 is 0 Å². The summed E-state index contributed by atoms with van der Waals surface area (Å²) in [6.45, 7) is 5.73. The number of rotatable bonds is 6. The third-order valence-electron chi connectivity index (χ3n) is 3.68. The molecule has 0 radical (unpaired) electrons. The number of nitrogens with one attached hydrogen (secondary N) is 1. The van der Waals surface area contributed by atoms with E-state index in [4.69, 9.17) is 4.42 Å². The molecule has 0 aliphatic heterocycles. The van der Waals surface area contributed by atoms with E-state index in [1.54, 1.807) is 37.5 Å². The lowest BCUT2D eigenvalue weighted by molar-refractivity contribution is 0.127. The maximum absolute atomic E-state index is 13.6. The minimum absolute atomic E-state index is 0.0129. The van der Waals surface area contributed by atoms with Crippen molar-refractivity contribution in [2.24, 2.45) is 0 Å². The number of halogens is 1. The highest BCUT2D eigenvalue weighted by atomic mass is 19.1. The average molecular weight is 291 g/mol. The van der Waals surface area contributed by atoms with Crippen molar-refractivity contribution in [3.63, 3.8) is 0 Å². The van der Waals surface area contributed by atoms with E-state index < -0.39 is 6.10 Å². The van der Waals surface area contributed by atoms with Crippen molar-refractivity contribution in [2.75, 3.05) is 0 Å². The third kappa shape index (κ3) is 4.16. The molecule has 3 atom stereocenters. The summed E-state index contributed by atoms with van der Waals surface area (Å²) in [7, 11) is 0. The molecule has 114 valence electrons. The number of hydrogen-bond donors (Lipinski definition) is 2. The molecule has 3 nitrogen and oxygen atoms in total. The first-order valence-electron chi connectivity index (χ1n) is 7.21. The highest BCUT2D eigenvalue weighted by Crippen LogP contribution is 2.21. The molecule has 0 aliphatic carbocycles. The Balaban J connectivity index is 1.92. The molecule has 0 bridgehead atoms. The fraction of sp³-hybridized carbons (Fsp3) is 0.412. The van der Waals surface area contributed by atoms with Crippen LogP contribution in [0.15, 0.2) is 41.0 Å². The topological polar surface area (TPSA) is 45.4 Å². The molecule has 1 heterocycles. The van der Waals surface area contributed by atoms with Crippen molar-refractivity contribution in [3.05, 3.63) is 59.3 Å². The summed E-state index contributed by atoms with van der Waals surface area (Å²) in [6, 6.07) is 8.87. The predicted octanol–water partition coefficient (Wildman–Crippen LogP) is 3.89. The van der Waals surface area contributed by atoms with Crippen LogP contribution in [0.1, 0.15) is 49.3 Å². The zero-order valence-electron chi connectivity index (χ0n) is 12.6. The molecule has 0 amide bonds. The highest BCUT2D eigenvalue weighted by Gasteiger charge is 2.17. The van der Waals surface area contributed by atoms with Gasteiger partial charge in [0.25, 0.3) is 0 Å². The minimum atomic E-state index is -0.635. The lowest BCUT2D eigenvalue weighted by atomic mass is 10.0. The van der Waals surface area contributed by atoms with Crippen molar-refractivity contribution in [3.8, 4) is 0 Å². The van der Waals surface area contributed by atoms with Gasteiger partial charge in [0, 0.05) is 12.1 Å². The zero-order chi connectivity index (χ0) is 15.4. The van der Waals surface area contributed by atoms with Crippen molar-refractivity contribution in [2.45, 2.75) is 45.4 Å². The summed E-state index contributed by atoms with van der Waals surface area (Å²) in [5.41, 5.74) is 1.55. The molecule has 1 aromatic carbocycles. The lowest BCUT2D eigenvalue weighted by Gasteiger charge is -2.22. The van der Waals surface area contributed by atoms with Crippen LogP contribution in [0.25, 0.3) is 0 Å². The second-order valence-corrected chi connectivity index (χ2v) is 5.56. The van der Waals surface area contributed by atoms with Crippen LogP contribution >= 0.6 is 0 Å². The van der Waals surface area contributed by atoms with Gasteiger partial charge < -0.3 is 14.8 Å². The monoisotopic (exact) mass is 291 g/mol. The Kier molecular flexibility index (Phi) is 5.15. The van der Waals surface area contributed by atoms with Gasteiger partial charge in [0.2, 0.25) is 0 Å². The Morgan fingerprint density at radius 1 is 1.29 bits per heavy atom. The van der Waals surface area contributed by atoms with Gasteiger partial charge in [-0.05, 0) is 56.5 Å². The summed E-state index contributed by atoms with van der Waals surface area (Å²) >= 11 is 0. The number of aliphatic hydroxyl groups excluding tert-OH is 1.